The fourth-order valence-corrected chi connectivity index (χ4v) is 3.52. The minimum atomic E-state index is 0.169. The summed E-state index contributed by atoms with van der Waals surface area (Å²) in [6, 6.07) is 15.6. The molecule has 1 heterocycles. The highest BCUT2D eigenvalue weighted by Gasteiger charge is 2.19. The Morgan fingerprint density at radius 1 is 1.08 bits per heavy atom. The third kappa shape index (κ3) is 3.45. The molecule has 2 aromatic carbocycles. The van der Waals surface area contributed by atoms with Crippen LogP contribution in [-0.2, 0) is 13.5 Å². The van der Waals surface area contributed by atoms with Crippen LogP contribution < -0.4 is 4.57 Å². The van der Waals surface area contributed by atoms with E-state index in [0.29, 0.717) is 12.3 Å². The second-order valence-corrected chi connectivity index (χ2v) is 7.07. The van der Waals surface area contributed by atoms with Crippen LogP contribution in [0.25, 0.3) is 22.0 Å². The molecule has 0 spiro atoms. The lowest BCUT2D eigenvalue weighted by Crippen LogP contribution is -2.31. The van der Waals surface area contributed by atoms with Gasteiger partial charge in [-0.15, -0.1) is 0 Å². The van der Waals surface area contributed by atoms with Crippen LogP contribution >= 0.6 is 0 Å². The molecule has 1 aromatic heterocycles. The molecule has 0 fully saturated rings. The van der Waals surface area contributed by atoms with E-state index < -0.39 is 0 Å². The second kappa shape index (κ2) is 7.37. The molecule has 3 rings (SSSR count). The van der Waals surface area contributed by atoms with E-state index in [9.17, 15) is 5.11 Å². The van der Waals surface area contributed by atoms with Crippen LogP contribution in [0.2, 0.25) is 0 Å². The Hall–Kier alpha value is -2.19. The van der Waals surface area contributed by atoms with E-state index in [2.05, 4.69) is 81.0 Å². The van der Waals surface area contributed by atoms with Gasteiger partial charge < -0.3 is 5.11 Å². The number of aliphatic hydroxyl groups is 1. The van der Waals surface area contributed by atoms with Gasteiger partial charge in [0.05, 0.1) is 10.9 Å². The Morgan fingerprint density at radius 3 is 2.60 bits per heavy atom. The first-order valence-electron chi connectivity index (χ1n) is 9.18. The number of aryl methyl sites for hydroxylation is 2. The lowest BCUT2D eigenvalue weighted by Gasteiger charge is -2.13. The van der Waals surface area contributed by atoms with Crippen molar-refractivity contribution in [3.8, 4) is 11.3 Å². The number of aliphatic hydroxyl groups excluding tert-OH is 1. The first-order chi connectivity index (χ1) is 12.0. The summed E-state index contributed by atoms with van der Waals surface area (Å²) in [5.41, 5.74) is 6.28. The molecule has 0 bridgehead atoms. The van der Waals surface area contributed by atoms with Crippen LogP contribution in [0, 0.1) is 6.92 Å². The number of rotatable bonds is 5. The minimum absolute atomic E-state index is 0.169. The second-order valence-electron chi connectivity index (χ2n) is 7.07. The Balaban J connectivity index is 2.26. The molecule has 0 aliphatic carbocycles. The molecule has 3 aromatic rings. The molecule has 0 aliphatic rings. The molecule has 1 unspecified atom stereocenters. The van der Waals surface area contributed by atoms with Gasteiger partial charge in [-0.2, -0.15) is 0 Å². The molecular weight excluding hydrogens is 306 g/mol. The van der Waals surface area contributed by atoms with Crippen molar-refractivity contribution in [1.82, 2.24) is 0 Å². The summed E-state index contributed by atoms with van der Waals surface area (Å²) in [5, 5.41) is 12.0. The molecule has 25 heavy (non-hydrogen) atoms. The Labute approximate surface area is 150 Å². The third-order valence-electron chi connectivity index (χ3n) is 5.24. The molecule has 0 radical (unpaired) electrons. The fraction of sp³-hybridized carbons (Fsp3) is 0.348. The first-order valence-corrected chi connectivity index (χ1v) is 9.18. The van der Waals surface area contributed by atoms with Crippen molar-refractivity contribution in [1.29, 1.82) is 0 Å². The zero-order valence-corrected chi connectivity index (χ0v) is 15.7. The van der Waals surface area contributed by atoms with Crippen molar-refractivity contribution in [2.24, 2.45) is 7.05 Å². The molecule has 0 amide bonds. The van der Waals surface area contributed by atoms with Crippen molar-refractivity contribution in [3.63, 3.8) is 0 Å². The Kier molecular flexibility index (Phi) is 5.19. The third-order valence-corrected chi connectivity index (χ3v) is 5.24. The molecule has 130 valence electrons. The van der Waals surface area contributed by atoms with E-state index in [-0.39, 0.29) is 6.61 Å². The van der Waals surface area contributed by atoms with Crippen molar-refractivity contribution < 1.29 is 9.67 Å². The number of hydrogen-bond acceptors (Lipinski definition) is 1. The van der Waals surface area contributed by atoms with E-state index in [1.54, 1.807) is 0 Å². The van der Waals surface area contributed by atoms with E-state index in [0.717, 1.165) is 6.42 Å². The van der Waals surface area contributed by atoms with Crippen molar-refractivity contribution in [2.75, 3.05) is 6.61 Å². The monoisotopic (exact) mass is 334 g/mol. The molecular formula is C23H28NO+. The summed E-state index contributed by atoms with van der Waals surface area (Å²) in [4.78, 5) is 0. The van der Waals surface area contributed by atoms with E-state index in [4.69, 9.17) is 0 Å². The van der Waals surface area contributed by atoms with Gasteiger partial charge in [0.2, 0.25) is 5.69 Å². The Morgan fingerprint density at radius 2 is 1.88 bits per heavy atom. The summed E-state index contributed by atoms with van der Waals surface area (Å²) in [6.07, 6.45) is 3.97. The lowest BCUT2D eigenvalue weighted by molar-refractivity contribution is -0.659. The van der Waals surface area contributed by atoms with Crippen LogP contribution in [0.4, 0.5) is 0 Å². The summed E-state index contributed by atoms with van der Waals surface area (Å²) >= 11 is 0. The number of fused-ring (bicyclic) bond motifs is 1. The van der Waals surface area contributed by atoms with E-state index in [1.165, 1.54) is 38.7 Å². The summed E-state index contributed by atoms with van der Waals surface area (Å²) in [6.45, 7) is 6.81. The number of hydrogen-bond donors (Lipinski definition) is 1. The maximum Gasteiger partial charge on any atom is 0.220 e. The maximum atomic E-state index is 9.46. The molecule has 0 saturated heterocycles. The number of aromatic nitrogens is 1. The van der Waals surface area contributed by atoms with Crippen LogP contribution in [0.3, 0.4) is 0 Å². The summed E-state index contributed by atoms with van der Waals surface area (Å²) in [7, 11) is 2.10. The molecule has 2 nitrogen and oxygen atoms in total. The van der Waals surface area contributed by atoms with Gasteiger partial charge in [-0.3, -0.25) is 0 Å². The smallest absolute Gasteiger partial charge is 0.220 e. The molecule has 0 saturated carbocycles. The molecule has 0 aliphatic heterocycles. The van der Waals surface area contributed by atoms with Gasteiger partial charge >= 0.3 is 0 Å². The fourth-order valence-electron chi connectivity index (χ4n) is 3.52. The van der Waals surface area contributed by atoms with Gasteiger partial charge in [0.1, 0.15) is 7.05 Å². The minimum Gasteiger partial charge on any atom is -0.396 e. The highest BCUT2D eigenvalue weighted by molar-refractivity contribution is 5.94. The zero-order valence-electron chi connectivity index (χ0n) is 15.7. The van der Waals surface area contributed by atoms with Crippen LogP contribution in [0.5, 0.6) is 0 Å². The number of benzene rings is 2. The lowest BCUT2D eigenvalue weighted by atomic mass is 9.92. The predicted molar refractivity (Wildman–Crippen MR) is 105 cm³/mol. The van der Waals surface area contributed by atoms with Crippen LogP contribution in [0.15, 0.2) is 48.7 Å². The van der Waals surface area contributed by atoms with Gasteiger partial charge in [-0.05, 0) is 54.3 Å². The molecule has 1 atom stereocenters. The first kappa shape index (κ1) is 17.6. The molecule has 2 heteroatoms. The van der Waals surface area contributed by atoms with Gasteiger partial charge in [-0.1, -0.05) is 43.7 Å². The summed E-state index contributed by atoms with van der Waals surface area (Å²) in [5.74, 6) is 0.575. The normalized spacial score (nSPS) is 12.5. The van der Waals surface area contributed by atoms with Gasteiger partial charge in [-0.25, -0.2) is 4.57 Å². The SMILES string of the molecule is CCC(C)c1ccc2c(-c3cc(C)ccc3CCO)[n+](C)ccc2c1. The van der Waals surface area contributed by atoms with Gasteiger partial charge in [0, 0.05) is 12.7 Å². The quantitative estimate of drug-likeness (QED) is 0.673. The highest BCUT2D eigenvalue weighted by atomic mass is 16.2. The topological polar surface area (TPSA) is 24.1 Å². The van der Waals surface area contributed by atoms with E-state index >= 15 is 0 Å². The highest BCUT2D eigenvalue weighted by Crippen LogP contribution is 2.31. The summed E-state index contributed by atoms with van der Waals surface area (Å²) < 4.78 is 2.20. The average Bonchev–Trinajstić information content (AvgIpc) is 2.62. The number of pyridine rings is 1. The van der Waals surface area contributed by atoms with Crippen LogP contribution in [-0.4, -0.2) is 11.7 Å². The van der Waals surface area contributed by atoms with Crippen molar-refractivity contribution >= 4 is 10.8 Å². The Bertz CT molecular complexity index is 898. The van der Waals surface area contributed by atoms with E-state index in [1.807, 2.05) is 0 Å². The maximum absolute atomic E-state index is 9.46. The largest absolute Gasteiger partial charge is 0.396 e. The standard InChI is InChI=1S/C23H28NO/c1-5-17(3)19-8-9-21-20(15-19)10-12-24(4)23(21)22-14-16(2)6-7-18(22)11-13-25/h6-10,12,14-15,17,25H,5,11,13H2,1-4H3/q+1. The van der Waals surface area contributed by atoms with Crippen molar-refractivity contribution in [3.05, 3.63) is 65.4 Å². The van der Waals surface area contributed by atoms with Gasteiger partial charge in [0.15, 0.2) is 6.20 Å². The molecule has 1 N–H and O–H groups in total. The zero-order chi connectivity index (χ0) is 18.0. The van der Waals surface area contributed by atoms with Gasteiger partial charge in [0.25, 0.3) is 0 Å². The van der Waals surface area contributed by atoms with Crippen LogP contribution in [0.1, 0.15) is 42.9 Å². The predicted octanol–water partition coefficient (Wildman–Crippen LogP) is 4.69. The number of nitrogens with zero attached hydrogens (tertiary/aromatic N) is 1. The average molecular weight is 334 g/mol. The van der Waals surface area contributed by atoms with Crippen molar-refractivity contribution in [2.45, 2.75) is 39.5 Å².